The Kier molecular flexibility index (Phi) is 5.54. The van der Waals surface area contributed by atoms with Crippen molar-refractivity contribution in [1.82, 2.24) is 0 Å². The number of hydrogen-bond donors (Lipinski definition) is 0. The zero-order valence-electron chi connectivity index (χ0n) is 12.5. The average molecular weight is 332 g/mol. The van der Waals surface area contributed by atoms with Crippen molar-refractivity contribution < 1.29 is 19.2 Å². The molecule has 0 heterocycles. The van der Waals surface area contributed by atoms with E-state index in [1.165, 1.54) is 72.9 Å². The van der Waals surface area contributed by atoms with Crippen LogP contribution < -0.4 is 0 Å². The summed E-state index contributed by atoms with van der Waals surface area (Å²) >= 11 is 0. The normalized spacial score (nSPS) is 11.5. The van der Waals surface area contributed by atoms with Crippen LogP contribution in [0.2, 0.25) is 0 Å². The maximum atomic E-state index is 11.0. The van der Waals surface area contributed by atoms with E-state index in [1.807, 2.05) is 0 Å². The van der Waals surface area contributed by atoms with E-state index in [1.54, 1.807) is 0 Å². The van der Waals surface area contributed by atoms with Gasteiger partial charge in [-0.3, -0.25) is 0 Å². The van der Waals surface area contributed by atoms with Gasteiger partial charge < -0.3 is 0 Å². The van der Waals surface area contributed by atoms with Crippen molar-refractivity contribution in [2.75, 3.05) is 0 Å². The molecule has 0 aromatic heterocycles. The molecule has 0 saturated carbocycles. The number of rotatable bonds is 6. The smallest absolute Gasteiger partial charge is 0.211 e. The molecule has 0 radical (unpaired) electrons. The summed E-state index contributed by atoms with van der Waals surface area (Å²) in [6.45, 7) is 0. The maximum Gasteiger partial charge on any atom is 0.240 e. The predicted octanol–water partition coefficient (Wildman–Crippen LogP) is 2.49. The second kappa shape index (κ2) is 7.99. The van der Waals surface area contributed by atoms with Crippen LogP contribution in [-0.4, -0.2) is 24.3 Å². The van der Waals surface area contributed by atoms with Crippen LogP contribution in [0.3, 0.4) is 0 Å². The first-order chi connectivity index (χ1) is 12.2. The van der Waals surface area contributed by atoms with Gasteiger partial charge in [0.1, 0.15) is 0 Å². The van der Waals surface area contributed by atoms with Gasteiger partial charge in [0.15, 0.2) is 0 Å². The quantitative estimate of drug-likeness (QED) is 0.596. The van der Waals surface area contributed by atoms with Gasteiger partial charge in [-0.25, -0.2) is 19.2 Å². The minimum Gasteiger partial charge on any atom is -0.211 e. The molecule has 0 aliphatic heterocycles. The van der Waals surface area contributed by atoms with Gasteiger partial charge in [-0.2, -0.15) is 20.0 Å². The van der Waals surface area contributed by atoms with E-state index in [0.29, 0.717) is 22.5 Å². The van der Waals surface area contributed by atoms with Gasteiger partial charge in [0.05, 0.1) is 11.4 Å². The maximum absolute atomic E-state index is 11.0. The molecule has 8 heteroatoms. The van der Waals surface area contributed by atoms with Crippen LogP contribution in [0.25, 0.3) is 0 Å². The monoisotopic (exact) mass is 332 g/mol. The summed E-state index contributed by atoms with van der Waals surface area (Å²) < 4.78 is 0. The topological polar surface area (TPSA) is 118 Å². The summed E-state index contributed by atoms with van der Waals surface area (Å²) in [5.41, 5.74) is -0.371. The van der Waals surface area contributed by atoms with Crippen LogP contribution in [0.4, 0.5) is 11.4 Å². The Hall–Kier alpha value is -4.04. The Balaban J connectivity index is 2.68. The fraction of sp³-hybridized carbons (Fsp3) is 0.0588. The van der Waals surface area contributed by atoms with Crippen molar-refractivity contribution >= 4 is 35.7 Å². The molecule has 2 aromatic carbocycles. The van der Waals surface area contributed by atoms with Crippen molar-refractivity contribution in [3.05, 3.63) is 59.7 Å². The minimum atomic E-state index is -1.71. The Bertz CT molecular complexity index is 875. The Morgan fingerprint density at radius 3 is 1.20 bits per heavy atom. The van der Waals surface area contributed by atoms with Crippen molar-refractivity contribution in [2.24, 2.45) is 20.0 Å². The molecular weight excluding hydrogens is 324 g/mol. The standard InChI is InChI=1S/C17H8N4O4/c22-9-18-15-5-1-13(2-6-15)17(20-11-24,21-12-25)14-3-7-16(8-4-14)19-10-23/h1-8H. The number of hydrogen-bond acceptors (Lipinski definition) is 8. The fourth-order valence-corrected chi connectivity index (χ4v) is 2.22. The second-order valence-electron chi connectivity index (χ2n) is 4.58. The lowest BCUT2D eigenvalue weighted by molar-refractivity contribution is 0.516. The molecule has 2 aromatic rings. The van der Waals surface area contributed by atoms with Gasteiger partial charge >= 0.3 is 0 Å². The van der Waals surface area contributed by atoms with E-state index in [9.17, 15) is 19.2 Å². The minimum absolute atomic E-state index is 0.327. The van der Waals surface area contributed by atoms with Gasteiger partial charge in [-0.05, 0) is 24.3 Å². The second-order valence-corrected chi connectivity index (χ2v) is 4.58. The summed E-state index contributed by atoms with van der Waals surface area (Å²) in [5.74, 6) is 0. The first-order valence-electron chi connectivity index (χ1n) is 6.75. The Labute approximate surface area is 141 Å². The molecule has 0 unspecified atom stereocenters. The largest absolute Gasteiger partial charge is 0.240 e. The lowest BCUT2D eigenvalue weighted by atomic mass is 9.92. The summed E-state index contributed by atoms with van der Waals surface area (Å²) in [5, 5.41) is 0. The van der Waals surface area contributed by atoms with Crippen LogP contribution in [-0.2, 0) is 24.8 Å². The van der Waals surface area contributed by atoms with E-state index in [0.717, 1.165) is 0 Å². The van der Waals surface area contributed by atoms with E-state index in [-0.39, 0.29) is 0 Å². The molecule has 25 heavy (non-hydrogen) atoms. The third-order valence-corrected chi connectivity index (χ3v) is 3.30. The zero-order chi connectivity index (χ0) is 18.1. The highest BCUT2D eigenvalue weighted by Crippen LogP contribution is 2.36. The molecule has 0 N–H and O–H groups in total. The SMILES string of the molecule is O=C=Nc1ccc(C(N=C=O)(N=C=O)c2ccc(N=C=O)cc2)cc1. The summed E-state index contributed by atoms with van der Waals surface area (Å²) in [7, 11) is 0. The van der Waals surface area contributed by atoms with Crippen molar-refractivity contribution in [1.29, 1.82) is 0 Å². The highest BCUT2D eigenvalue weighted by Gasteiger charge is 2.34. The molecule has 0 amide bonds. The summed E-state index contributed by atoms with van der Waals surface area (Å²) in [6.07, 6.45) is 5.61. The number of isocyanates is 4. The fourth-order valence-electron chi connectivity index (χ4n) is 2.22. The van der Waals surface area contributed by atoms with Gasteiger partial charge in [0, 0.05) is 11.1 Å². The lowest BCUT2D eigenvalue weighted by Gasteiger charge is -2.23. The average Bonchev–Trinajstić information content (AvgIpc) is 2.63. The van der Waals surface area contributed by atoms with Crippen molar-refractivity contribution in [3.8, 4) is 0 Å². The van der Waals surface area contributed by atoms with E-state index < -0.39 is 5.66 Å². The molecule has 8 nitrogen and oxygen atoms in total. The predicted molar refractivity (Wildman–Crippen MR) is 85.5 cm³/mol. The zero-order valence-corrected chi connectivity index (χ0v) is 12.5. The van der Waals surface area contributed by atoms with Crippen LogP contribution >= 0.6 is 0 Å². The first-order valence-corrected chi connectivity index (χ1v) is 6.75. The number of aliphatic imine (C=N–C) groups is 4. The van der Waals surface area contributed by atoms with Gasteiger partial charge in [-0.1, -0.05) is 24.3 Å². The van der Waals surface area contributed by atoms with Crippen LogP contribution in [0, 0.1) is 0 Å². The molecule has 0 aliphatic rings. The number of nitrogens with zero attached hydrogens (tertiary/aromatic N) is 4. The molecule has 0 fully saturated rings. The summed E-state index contributed by atoms with van der Waals surface area (Å²) in [6, 6.07) is 11.9. The van der Waals surface area contributed by atoms with Crippen LogP contribution in [0.1, 0.15) is 11.1 Å². The third kappa shape index (κ3) is 3.66. The molecule has 0 atom stereocenters. The highest BCUT2D eigenvalue weighted by molar-refractivity contribution is 5.56. The molecule has 2 rings (SSSR count). The highest BCUT2D eigenvalue weighted by atomic mass is 16.1. The van der Waals surface area contributed by atoms with E-state index in [2.05, 4.69) is 20.0 Å². The first kappa shape index (κ1) is 17.3. The van der Waals surface area contributed by atoms with Crippen LogP contribution in [0.15, 0.2) is 68.5 Å². The Morgan fingerprint density at radius 2 is 0.920 bits per heavy atom. The van der Waals surface area contributed by atoms with Crippen molar-refractivity contribution in [3.63, 3.8) is 0 Å². The summed E-state index contributed by atoms with van der Waals surface area (Å²) in [4.78, 5) is 56.8. The van der Waals surface area contributed by atoms with Crippen LogP contribution in [0.5, 0.6) is 0 Å². The molecule has 0 aliphatic carbocycles. The molecule has 120 valence electrons. The van der Waals surface area contributed by atoms with Gasteiger partial charge in [0.25, 0.3) is 0 Å². The van der Waals surface area contributed by atoms with E-state index >= 15 is 0 Å². The molecule has 0 bridgehead atoms. The van der Waals surface area contributed by atoms with Gasteiger partial charge in [-0.15, -0.1) is 0 Å². The number of benzene rings is 2. The molecule has 0 spiro atoms. The lowest BCUT2D eigenvalue weighted by Crippen LogP contribution is -2.22. The molecular formula is C17H8N4O4. The van der Waals surface area contributed by atoms with Crippen molar-refractivity contribution in [2.45, 2.75) is 5.66 Å². The molecule has 0 saturated heterocycles. The Morgan fingerprint density at radius 1 is 0.560 bits per heavy atom. The third-order valence-electron chi connectivity index (χ3n) is 3.30. The number of carbonyl (C=O) groups excluding carboxylic acids is 4. The van der Waals surface area contributed by atoms with Gasteiger partial charge in [0.2, 0.25) is 30.0 Å². The van der Waals surface area contributed by atoms with E-state index in [4.69, 9.17) is 0 Å².